The van der Waals surface area contributed by atoms with Crippen molar-refractivity contribution in [3.8, 4) is 5.75 Å². The molecule has 3 atom stereocenters. The van der Waals surface area contributed by atoms with Gasteiger partial charge in [-0.05, 0) is 43.4 Å². The van der Waals surface area contributed by atoms with Gasteiger partial charge in [0.25, 0.3) is 0 Å². The van der Waals surface area contributed by atoms with E-state index in [2.05, 4.69) is 25.2 Å². The molecule has 3 unspecified atom stereocenters. The molecular weight excluding hydrogens is 266 g/mol. The fourth-order valence-corrected chi connectivity index (χ4v) is 2.54. The number of aliphatic hydroxyl groups excluding tert-OH is 1. The van der Waals surface area contributed by atoms with Crippen molar-refractivity contribution in [1.82, 2.24) is 5.32 Å². The maximum atomic E-state index is 10.0. The number of nitrogens with one attached hydrogen (secondary N) is 1. The quantitative estimate of drug-likeness (QED) is 0.770. The first-order valence-corrected chi connectivity index (χ1v) is 7.90. The second kappa shape index (κ2) is 8.37. The molecule has 0 amide bonds. The van der Waals surface area contributed by atoms with Crippen LogP contribution in [0.25, 0.3) is 0 Å². The standard InChI is InChI=1S/C17H27NO3/c1-3-14-5-4-6-17(9-14)21-12-16(19)10-18-13(2)15-7-8-20-11-15/h4-6,9,13,15-16,18-19H,3,7-8,10-12H2,1-2H3. The molecule has 0 aromatic heterocycles. The van der Waals surface area contributed by atoms with Gasteiger partial charge in [-0.25, -0.2) is 0 Å². The lowest BCUT2D eigenvalue weighted by Gasteiger charge is -2.21. The summed E-state index contributed by atoms with van der Waals surface area (Å²) in [6.07, 6.45) is 1.59. The molecule has 4 nitrogen and oxygen atoms in total. The van der Waals surface area contributed by atoms with Crippen LogP contribution in [0.1, 0.15) is 25.8 Å². The van der Waals surface area contributed by atoms with E-state index in [4.69, 9.17) is 9.47 Å². The topological polar surface area (TPSA) is 50.7 Å². The average molecular weight is 293 g/mol. The van der Waals surface area contributed by atoms with Crippen LogP contribution in [0, 0.1) is 5.92 Å². The van der Waals surface area contributed by atoms with E-state index in [-0.39, 0.29) is 0 Å². The van der Waals surface area contributed by atoms with Crippen LogP contribution in [0.15, 0.2) is 24.3 Å². The lowest BCUT2D eigenvalue weighted by molar-refractivity contribution is 0.100. The van der Waals surface area contributed by atoms with Gasteiger partial charge in [0.05, 0.1) is 6.61 Å². The molecule has 0 aliphatic carbocycles. The van der Waals surface area contributed by atoms with Gasteiger partial charge in [-0.3, -0.25) is 0 Å². The van der Waals surface area contributed by atoms with E-state index in [0.717, 1.165) is 31.8 Å². The maximum absolute atomic E-state index is 10.0. The minimum Gasteiger partial charge on any atom is -0.491 e. The molecule has 1 aliphatic heterocycles. The van der Waals surface area contributed by atoms with Crippen LogP contribution in [0.4, 0.5) is 0 Å². The van der Waals surface area contributed by atoms with Gasteiger partial charge in [0.2, 0.25) is 0 Å². The highest BCUT2D eigenvalue weighted by molar-refractivity contribution is 5.28. The molecule has 0 bridgehead atoms. The Balaban J connectivity index is 1.67. The fourth-order valence-electron chi connectivity index (χ4n) is 2.54. The second-order valence-electron chi connectivity index (χ2n) is 5.79. The molecule has 1 aromatic rings. The van der Waals surface area contributed by atoms with Crippen molar-refractivity contribution in [2.75, 3.05) is 26.4 Å². The van der Waals surface area contributed by atoms with Gasteiger partial charge in [-0.1, -0.05) is 19.1 Å². The smallest absolute Gasteiger partial charge is 0.119 e. The summed E-state index contributed by atoms with van der Waals surface area (Å²) >= 11 is 0. The Labute approximate surface area is 127 Å². The maximum Gasteiger partial charge on any atom is 0.119 e. The van der Waals surface area contributed by atoms with E-state index >= 15 is 0 Å². The highest BCUT2D eigenvalue weighted by Gasteiger charge is 2.22. The summed E-state index contributed by atoms with van der Waals surface area (Å²) in [6, 6.07) is 8.39. The van der Waals surface area contributed by atoms with Crippen molar-refractivity contribution in [2.24, 2.45) is 5.92 Å². The van der Waals surface area contributed by atoms with Crippen LogP contribution in [-0.2, 0) is 11.2 Å². The number of ether oxygens (including phenoxy) is 2. The number of rotatable bonds is 8. The fraction of sp³-hybridized carbons (Fsp3) is 0.647. The molecule has 1 aromatic carbocycles. The number of aliphatic hydroxyl groups is 1. The zero-order valence-corrected chi connectivity index (χ0v) is 13.0. The zero-order valence-electron chi connectivity index (χ0n) is 13.0. The van der Waals surface area contributed by atoms with E-state index in [1.165, 1.54) is 5.56 Å². The highest BCUT2D eigenvalue weighted by atomic mass is 16.5. The Morgan fingerprint density at radius 2 is 2.33 bits per heavy atom. The molecule has 1 heterocycles. The first-order valence-electron chi connectivity index (χ1n) is 7.90. The lowest BCUT2D eigenvalue weighted by Crippen LogP contribution is -2.40. The van der Waals surface area contributed by atoms with Crippen LogP contribution in [-0.4, -0.2) is 43.6 Å². The van der Waals surface area contributed by atoms with Crippen LogP contribution >= 0.6 is 0 Å². The van der Waals surface area contributed by atoms with Crippen molar-refractivity contribution in [2.45, 2.75) is 38.8 Å². The van der Waals surface area contributed by atoms with Crippen molar-refractivity contribution in [1.29, 1.82) is 0 Å². The molecule has 0 radical (unpaired) electrons. The van der Waals surface area contributed by atoms with Crippen LogP contribution in [0.5, 0.6) is 5.75 Å². The molecule has 4 heteroatoms. The molecule has 2 rings (SSSR count). The normalized spacial score (nSPS) is 21.2. The molecule has 118 valence electrons. The minimum atomic E-state index is -0.500. The third-order valence-corrected chi connectivity index (χ3v) is 4.10. The second-order valence-corrected chi connectivity index (χ2v) is 5.79. The third-order valence-electron chi connectivity index (χ3n) is 4.10. The first kappa shape index (κ1) is 16.3. The SMILES string of the molecule is CCc1cccc(OCC(O)CNC(C)C2CCOC2)c1. The molecule has 1 saturated heterocycles. The summed E-state index contributed by atoms with van der Waals surface area (Å²) in [7, 11) is 0. The van der Waals surface area contributed by atoms with Gasteiger partial charge in [-0.2, -0.15) is 0 Å². The van der Waals surface area contributed by atoms with Gasteiger partial charge in [0, 0.05) is 19.2 Å². The predicted octanol–water partition coefficient (Wildman–Crippen LogP) is 2.00. The molecular formula is C17H27NO3. The van der Waals surface area contributed by atoms with E-state index < -0.39 is 6.10 Å². The monoisotopic (exact) mass is 293 g/mol. The summed E-state index contributed by atoms with van der Waals surface area (Å²) in [4.78, 5) is 0. The van der Waals surface area contributed by atoms with Crippen LogP contribution in [0.3, 0.4) is 0 Å². The summed E-state index contributed by atoms with van der Waals surface area (Å²) in [5.41, 5.74) is 1.25. The number of hydrogen-bond donors (Lipinski definition) is 2. The number of hydrogen-bond acceptors (Lipinski definition) is 4. The van der Waals surface area contributed by atoms with Gasteiger partial charge in [-0.15, -0.1) is 0 Å². The molecule has 0 saturated carbocycles. The Morgan fingerprint density at radius 1 is 1.48 bits per heavy atom. The number of aryl methyl sites for hydroxylation is 1. The van der Waals surface area contributed by atoms with Crippen LogP contribution in [0.2, 0.25) is 0 Å². The van der Waals surface area contributed by atoms with Crippen LogP contribution < -0.4 is 10.1 Å². The molecule has 1 fully saturated rings. The molecule has 21 heavy (non-hydrogen) atoms. The van der Waals surface area contributed by atoms with E-state index in [1.54, 1.807) is 0 Å². The lowest BCUT2D eigenvalue weighted by atomic mass is 10.0. The van der Waals surface area contributed by atoms with Gasteiger partial charge in [0.1, 0.15) is 18.5 Å². The summed E-state index contributed by atoms with van der Waals surface area (Å²) in [5, 5.41) is 13.4. The summed E-state index contributed by atoms with van der Waals surface area (Å²) in [5.74, 6) is 1.38. The highest BCUT2D eigenvalue weighted by Crippen LogP contribution is 2.16. The van der Waals surface area contributed by atoms with E-state index in [9.17, 15) is 5.11 Å². The Kier molecular flexibility index (Phi) is 6.49. The zero-order chi connectivity index (χ0) is 15.1. The largest absolute Gasteiger partial charge is 0.491 e. The van der Waals surface area contributed by atoms with Crippen molar-refractivity contribution in [3.63, 3.8) is 0 Å². The van der Waals surface area contributed by atoms with E-state index in [0.29, 0.717) is 25.1 Å². The van der Waals surface area contributed by atoms with Gasteiger partial charge < -0.3 is 19.9 Å². The van der Waals surface area contributed by atoms with Crippen molar-refractivity contribution >= 4 is 0 Å². The van der Waals surface area contributed by atoms with Gasteiger partial charge in [0.15, 0.2) is 0 Å². The van der Waals surface area contributed by atoms with Crippen molar-refractivity contribution in [3.05, 3.63) is 29.8 Å². The van der Waals surface area contributed by atoms with E-state index in [1.807, 2.05) is 18.2 Å². The van der Waals surface area contributed by atoms with Crippen molar-refractivity contribution < 1.29 is 14.6 Å². The average Bonchev–Trinajstić information content (AvgIpc) is 3.05. The van der Waals surface area contributed by atoms with Gasteiger partial charge >= 0.3 is 0 Å². The molecule has 2 N–H and O–H groups in total. The molecule has 1 aliphatic rings. The Bertz CT molecular complexity index is 418. The number of benzene rings is 1. The first-order chi connectivity index (χ1) is 10.2. The molecule has 0 spiro atoms. The summed E-state index contributed by atoms with van der Waals surface area (Å²) in [6.45, 7) is 6.81. The Hall–Kier alpha value is -1.10. The summed E-state index contributed by atoms with van der Waals surface area (Å²) < 4.78 is 11.0. The minimum absolute atomic E-state index is 0.314. The third kappa shape index (κ3) is 5.30. The predicted molar refractivity (Wildman–Crippen MR) is 83.7 cm³/mol. The Morgan fingerprint density at radius 3 is 3.05 bits per heavy atom.